The molecule has 5 heteroatoms. The Kier molecular flexibility index (Phi) is 4.83. The molecule has 1 heterocycles. The molecule has 84 valence electrons. The Bertz CT molecular complexity index is 309. The van der Waals surface area contributed by atoms with Crippen molar-refractivity contribution in [3.8, 4) is 0 Å². The maximum Gasteiger partial charge on any atom is 0.307 e. The van der Waals surface area contributed by atoms with E-state index in [1.54, 1.807) is 6.92 Å². The molecule has 0 bridgehead atoms. The summed E-state index contributed by atoms with van der Waals surface area (Å²) in [5, 5.41) is 11.2. The molecule has 0 aromatic carbocycles. The predicted molar refractivity (Wildman–Crippen MR) is 54.5 cm³/mol. The van der Waals surface area contributed by atoms with Crippen molar-refractivity contribution >= 4 is 5.91 Å². The molecule has 0 aliphatic carbocycles. The van der Waals surface area contributed by atoms with Gasteiger partial charge in [-0.3, -0.25) is 4.79 Å². The molecule has 0 atom stereocenters. The van der Waals surface area contributed by atoms with E-state index >= 15 is 0 Å². The molecule has 2 N–H and O–H groups in total. The average molecular weight is 212 g/mol. The number of nitrogens with one attached hydrogen (secondary N) is 1. The largest absolute Gasteiger partial charge is 0.438 e. The van der Waals surface area contributed by atoms with E-state index in [9.17, 15) is 4.79 Å². The van der Waals surface area contributed by atoms with Crippen LogP contribution in [0.25, 0.3) is 0 Å². The molecule has 1 aromatic heterocycles. The van der Waals surface area contributed by atoms with Crippen LogP contribution in [0.3, 0.4) is 0 Å². The van der Waals surface area contributed by atoms with Crippen molar-refractivity contribution < 1.29 is 14.3 Å². The minimum atomic E-state index is -0.285. The van der Waals surface area contributed by atoms with E-state index in [1.165, 1.54) is 6.20 Å². The number of hydrogen-bond acceptors (Lipinski definition) is 4. The molecule has 0 unspecified atom stereocenters. The third kappa shape index (κ3) is 4.12. The van der Waals surface area contributed by atoms with Gasteiger partial charge in [0.1, 0.15) is 5.76 Å². The fraction of sp³-hybridized carbons (Fsp3) is 0.600. The smallest absolute Gasteiger partial charge is 0.307 e. The molecule has 0 spiro atoms. The fourth-order valence-electron chi connectivity index (χ4n) is 1.15. The molecular formula is C10H16N2O3. The first kappa shape index (κ1) is 11.7. The van der Waals surface area contributed by atoms with Gasteiger partial charge in [-0.05, 0) is 26.2 Å². The fourth-order valence-corrected chi connectivity index (χ4v) is 1.15. The second kappa shape index (κ2) is 6.19. The first-order valence-electron chi connectivity index (χ1n) is 5.05. The molecule has 0 aliphatic heterocycles. The van der Waals surface area contributed by atoms with Gasteiger partial charge in [-0.15, -0.1) is 0 Å². The third-order valence-corrected chi connectivity index (χ3v) is 1.94. The van der Waals surface area contributed by atoms with E-state index in [1.807, 2.05) is 0 Å². The van der Waals surface area contributed by atoms with Gasteiger partial charge in [0.15, 0.2) is 0 Å². The minimum Gasteiger partial charge on any atom is -0.438 e. The highest BCUT2D eigenvalue weighted by molar-refractivity contribution is 5.89. The van der Waals surface area contributed by atoms with E-state index in [0.29, 0.717) is 12.3 Å². The van der Waals surface area contributed by atoms with Crippen molar-refractivity contribution in [1.82, 2.24) is 10.3 Å². The first-order chi connectivity index (χ1) is 7.24. The number of aryl methyl sites for hydroxylation is 1. The first-order valence-corrected chi connectivity index (χ1v) is 5.05. The van der Waals surface area contributed by atoms with Gasteiger partial charge in [-0.1, -0.05) is 0 Å². The quantitative estimate of drug-likeness (QED) is 0.686. The van der Waals surface area contributed by atoms with E-state index in [-0.39, 0.29) is 18.4 Å². The molecule has 1 amide bonds. The van der Waals surface area contributed by atoms with Gasteiger partial charge in [0, 0.05) is 13.2 Å². The van der Waals surface area contributed by atoms with Crippen molar-refractivity contribution in [2.75, 3.05) is 13.2 Å². The molecule has 1 rings (SSSR count). The summed E-state index contributed by atoms with van der Waals surface area (Å²) >= 11 is 0. The highest BCUT2D eigenvalue weighted by Gasteiger charge is 2.10. The number of unbranched alkanes of at least 4 members (excludes halogenated alkanes) is 2. The Labute approximate surface area is 88.5 Å². The highest BCUT2D eigenvalue weighted by Crippen LogP contribution is 2.01. The van der Waals surface area contributed by atoms with Crippen LogP contribution in [0.2, 0.25) is 0 Å². The van der Waals surface area contributed by atoms with Gasteiger partial charge >= 0.3 is 5.91 Å². The number of aliphatic hydroxyl groups is 1. The lowest BCUT2D eigenvalue weighted by molar-refractivity contribution is 0.0917. The zero-order valence-corrected chi connectivity index (χ0v) is 8.82. The molecule has 0 aliphatic rings. The topological polar surface area (TPSA) is 75.4 Å². The summed E-state index contributed by atoms with van der Waals surface area (Å²) < 4.78 is 5.06. The van der Waals surface area contributed by atoms with Crippen LogP contribution >= 0.6 is 0 Å². The summed E-state index contributed by atoms with van der Waals surface area (Å²) in [7, 11) is 0. The van der Waals surface area contributed by atoms with Crippen LogP contribution in [0.15, 0.2) is 10.6 Å². The number of carbonyl (C=O) groups is 1. The molecule has 0 radical (unpaired) electrons. The lowest BCUT2D eigenvalue weighted by Gasteiger charge is -2.01. The molecule has 1 aromatic rings. The number of amides is 1. The molecular weight excluding hydrogens is 196 g/mol. The van der Waals surface area contributed by atoms with Gasteiger partial charge in [-0.2, -0.15) is 0 Å². The number of rotatable bonds is 6. The summed E-state index contributed by atoms with van der Waals surface area (Å²) in [4.78, 5) is 15.2. The normalized spacial score (nSPS) is 10.3. The van der Waals surface area contributed by atoms with Crippen LogP contribution in [0.1, 0.15) is 35.7 Å². The van der Waals surface area contributed by atoms with Crippen molar-refractivity contribution in [1.29, 1.82) is 0 Å². The number of carbonyl (C=O) groups excluding carboxylic acids is 1. The number of aromatic nitrogens is 1. The number of oxazole rings is 1. The Morgan fingerprint density at radius 2 is 2.33 bits per heavy atom. The maximum absolute atomic E-state index is 11.4. The zero-order chi connectivity index (χ0) is 11.1. The number of aliphatic hydroxyl groups excluding tert-OH is 1. The summed E-state index contributed by atoms with van der Waals surface area (Å²) in [6.07, 6.45) is 4.04. The lowest BCUT2D eigenvalue weighted by Crippen LogP contribution is -2.24. The molecule has 0 saturated heterocycles. The van der Waals surface area contributed by atoms with Gasteiger partial charge in [-0.25, -0.2) is 4.98 Å². The highest BCUT2D eigenvalue weighted by atomic mass is 16.4. The summed E-state index contributed by atoms with van der Waals surface area (Å²) in [6, 6.07) is 0. The van der Waals surface area contributed by atoms with Crippen molar-refractivity contribution in [2.45, 2.75) is 26.2 Å². The number of nitrogens with zero attached hydrogens (tertiary/aromatic N) is 1. The third-order valence-electron chi connectivity index (χ3n) is 1.94. The monoisotopic (exact) mass is 212 g/mol. The lowest BCUT2D eigenvalue weighted by atomic mass is 10.2. The van der Waals surface area contributed by atoms with Gasteiger partial charge in [0.05, 0.1) is 6.20 Å². The second-order valence-electron chi connectivity index (χ2n) is 3.32. The van der Waals surface area contributed by atoms with Crippen LogP contribution in [0.5, 0.6) is 0 Å². The van der Waals surface area contributed by atoms with E-state index in [2.05, 4.69) is 10.3 Å². The van der Waals surface area contributed by atoms with Gasteiger partial charge in [0.2, 0.25) is 0 Å². The molecule has 15 heavy (non-hydrogen) atoms. The van der Waals surface area contributed by atoms with Crippen LogP contribution in [0, 0.1) is 6.92 Å². The van der Waals surface area contributed by atoms with Gasteiger partial charge in [0.25, 0.3) is 5.89 Å². The zero-order valence-electron chi connectivity index (χ0n) is 8.82. The van der Waals surface area contributed by atoms with E-state index in [0.717, 1.165) is 19.3 Å². The maximum atomic E-state index is 11.4. The Balaban J connectivity index is 2.19. The molecule has 5 nitrogen and oxygen atoms in total. The number of hydrogen-bond donors (Lipinski definition) is 2. The Morgan fingerprint density at radius 1 is 1.53 bits per heavy atom. The second-order valence-corrected chi connectivity index (χ2v) is 3.32. The van der Waals surface area contributed by atoms with Crippen LogP contribution in [-0.4, -0.2) is 29.1 Å². The SMILES string of the molecule is Cc1cnc(C(=O)NCCCCCO)o1. The molecule has 0 saturated carbocycles. The Morgan fingerprint density at radius 3 is 2.93 bits per heavy atom. The minimum absolute atomic E-state index is 0.106. The van der Waals surface area contributed by atoms with Crippen LogP contribution in [-0.2, 0) is 0 Å². The predicted octanol–water partition coefficient (Wildman–Crippen LogP) is 0.875. The Hall–Kier alpha value is -1.36. The van der Waals surface area contributed by atoms with Crippen LogP contribution in [0.4, 0.5) is 0 Å². The van der Waals surface area contributed by atoms with Gasteiger partial charge < -0.3 is 14.8 Å². The summed E-state index contributed by atoms with van der Waals surface area (Å²) in [6.45, 7) is 2.53. The van der Waals surface area contributed by atoms with Crippen LogP contribution < -0.4 is 5.32 Å². The van der Waals surface area contributed by atoms with Crippen molar-refractivity contribution in [2.24, 2.45) is 0 Å². The summed E-state index contributed by atoms with van der Waals surface area (Å²) in [5.74, 6) is 0.446. The standard InChI is InChI=1S/C10H16N2O3/c1-8-7-12-10(15-8)9(14)11-5-3-2-4-6-13/h7,13H,2-6H2,1H3,(H,11,14). The van der Waals surface area contributed by atoms with E-state index in [4.69, 9.17) is 9.52 Å². The summed E-state index contributed by atoms with van der Waals surface area (Å²) in [5.41, 5.74) is 0. The van der Waals surface area contributed by atoms with E-state index < -0.39 is 0 Å². The van der Waals surface area contributed by atoms with Crippen molar-refractivity contribution in [3.05, 3.63) is 17.8 Å². The average Bonchev–Trinajstić information content (AvgIpc) is 2.64. The van der Waals surface area contributed by atoms with Crippen molar-refractivity contribution in [3.63, 3.8) is 0 Å². The molecule has 0 fully saturated rings.